The molecule has 0 aliphatic heterocycles. The Morgan fingerprint density at radius 2 is 2.13 bits per heavy atom. The van der Waals surface area contributed by atoms with Crippen LogP contribution in [0, 0.1) is 12.7 Å². The number of Topliss-reactive ketones (excluding diaryl/α,β-unsaturated/α-hetero) is 1. The van der Waals surface area contributed by atoms with Crippen molar-refractivity contribution < 1.29 is 13.6 Å². The summed E-state index contributed by atoms with van der Waals surface area (Å²) in [6, 6.07) is 4.36. The maximum Gasteiger partial charge on any atom is 0.197 e. The molecular formula is C12H11FO2. The quantitative estimate of drug-likeness (QED) is 0.704. The van der Waals surface area contributed by atoms with E-state index in [1.807, 2.05) is 0 Å². The minimum atomic E-state index is -0.309. The molecule has 1 aromatic heterocycles. The van der Waals surface area contributed by atoms with E-state index in [1.165, 1.54) is 12.1 Å². The van der Waals surface area contributed by atoms with Crippen LogP contribution in [0.4, 0.5) is 4.39 Å². The average molecular weight is 206 g/mol. The van der Waals surface area contributed by atoms with Crippen molar-refractivity contribution in [3.05, 3.63) is 35.3 Å². The van der Waals surface area contributed by atoms with E-state index < -0.39 is 0 Å². The van der Waals surface area contributed by atoms with E-state index in [0.29, 0.717) is 28.7 Å². The van der Waals surface area contributed by atoms with E-state index in [-0.39, 0.29) is 11.6 Å². The summed E-state index contributed by atoms with van der Waals surface area (Å²) in [5.41, 5.74) is 1.30. The van der Waals surface area contributed by atoms with Gasteiger partial charge < -0.3 is 4.42 Å². The molecule has 0 bridgehead atoms. The highest BCUT2D eigenvalue weighted by Crippen LogP contribution is 2.24. The van der Waals surface area contributed by atoms with Gasteiger partial charge in [0.25, 0.3) is 0 Å². The number of carbonyl (C=O) groups excluding carboxylic acids is 1. The molecule has 78 valence electrons. The smallest absolute Gasteiger partial charge is 0.197 e. The molecule has 2 aromatic rings. The summed E-state index contributed by atoms with van der Waals surface area (Å²) >= 11 is 0. The van der Waals surface area contributed by atoms with Crippen LogP contribution in [0.5, 0.6) is 0 Å². The Kier molecular flexibility index (Phi) is 2.31. The number of halogens is 1. The molecule has 2 nitrogen and oxygen atoms in total. The molecule has 0 unspecified atom stereocenters. The number of rotatable bonds is 2. The maximum atomic E-state index is 13.1. The van der Waals surface area contributed by atoms with Crippen LogP contribution in [0.25, 0.3) is 11.0 Å². The second-order valence-electron chi connectivity index (χ2n) is 3.53. The average Bonchev–Trinajstić information content (AvgIpc) is 2.60. The van der Waals surface area contributed by atoms with E-state index in [2.05, 4.69) is 0 Å². The summed E-state index contributed by atoms with van der Waals surface area (Å²) in [5.74, 6) is -0.0662. The minimum absolute atomic E-state index is 0.0639. The molecule has 0 saturated heterocycles. The number of hydrogen-bond donors (Lipinski definition) is 0. The molecule has 0 fully saturated rings. The van der Waals surface area contributed by atoms with Gasteiger partial charge in [0.2, 0.25) is 0 Å². The van der Waals surface area contributed by atoms with Gasteiger partial charge in [-0.3, -0.25) is 4.79 Å². The third kappa shape index (κ3) is 1.65. The molecule has 2 rings (SSSR count). The first-order valence-electron chi connectivity index (χ1n) is 4.84. The molecular weight excluding hydrogens is 195 g/mol. The van der Waals surface area contributed by atoms with Crippen molar-refractivity contribution in [2.75, 3.05) is 0 Å². The molecule has 0 N–H and O–H groups in total. The second-order valence-corrected chi connectivity index (χ2v) is 3.53. The van der Waals surface area contributed by atoms with Crippen molar-refractivity contribution in [3.8, 4) is 0 Å². The standard InChI is InChI=1S/C12H11FO2/c1-3-10(14)11-6-8-5-9(13)4-7(2)12(8)15-11/h4-6H,3H2,1-2H3. The number of carbonyl (C=O) groups is 1. The lowest BCUT2D eigenvalue weighted by Gasteiger charge is -1.94. The Morgan fingerprint density at radius 3 is 2.80 bits per heavy atom. The molecule has 1 heterocycles. The lowest BCUT2D eigenvalue weighted by atomic mass is 10.1. The summed E-state index contributed by atoms with van der Waals surface area (Å²) in [4.78, 5) is 11.4. The number of hydrogen-bond acceptors (Lipinski definition) is 2. The van der Waals surface area contributed by atoms with Crippen molar-refractivity contribution in [1.29, 1.82) is 0 Å². The topological polar surface area (TPSA) is 30.2 Å². The van der Waals surface area contributed by atoms with Gasteiger partial charge in [-0.25, -0.2) is 4.39 Å². The number of aryl methyl sites for hydroxylation is 1. The molecule has 0 amide bonds. The summed E-state index contributed by atoms with van der Waals surface area (Å²) in [7, 11) is 0. The molecule has 0 aliphatic rings. The Balaban J connectivity index is 2.65. The molecule has 0 saturated carbocycles. The summed E-state index contributed by atoms with van der Waals surface area (Å²) in [5, 5.41) is 0.643. The fraction of sp³-hybridized carbons (Fsp3) is 0.250. The van der Waals surface area contributed by atoms with E-state index in [0.717, 1.165) is 0 Å². The fourth-order valence-corrected chi connectivity index (χ4v) is 1.59. The predicted molar refractivity (Wildman–Crippen MR) is 55.5 cm³/mol. The van der Waals surface area contributed by atoms with E-state index >= 15 is 0 Å². The molecule has 0 atom stereocenters. The van der Waals surface area contributed by atoms with E-state index in [4.69, 9.17) is 4.42 Å². The summed E-state index contributed by atoms with van der Waals surface area (Å²) < 4.78 is 18.5. The lowest BCUT2D eigenvalue weighted by molar-refractivity contribution is 0.0963. The van der Waals surface area contributed by atoms with E-state index in [9.17, 15) is 9.18 Å². The monoisotopic (exact) mass is 206 g/mol. The number of furan rings is 1. The highest BCUT2D eigenvalue weighted by atomic mass is 19.1. The third-order valence-electron chi connectivity index (χ3n) is 2.36. The van der Waals surface area contributed by atoms with Crippen LogP contribution in [0.15, 0.2) is 22.6 Å². The van der Waals surface area contributed by atoms with Gasteiger partial charge in [-0.05, 0) is 30.7 Å². The van der Waals surface area contributed by atoms with Crippen molar-refractivity contribution in [3.63, 3.8) is 0 Å². The first-order chi connectivity index (χ1) is 7.11. The molecule has 15 heavy (non-hydrogen) atoms. The fourth-order valence-electron chi connectivity index (χ4n) is 1.59. The summed E-state index contributed by atoms with van der Waals surface area (Å²) in [6.45, 7) is 3.53. The Labute approximate surface area is 86.7 Å². The molecule has 3 heteroatoms. The van der Waals surface area contributed by atoms with Crippen LogP contribution >= 0.6 is 0 Å². The second kappa shape index (κ2) is 3.50. The van der Waals surface area contributed by atoms with Crippen LogP contribution in [-0.2, 0) is 0 Å². The van der Waals surface area contributed by atoms with Crippen molar-refractivity contribution in [2.45, 2.75) is 20.3 Å². The first-order valence-corrected chi connectivity index (χ1v) is 4.84. The third-order valence-corrected chi connectivity index (χ3v) is 2.36. The van der Waals surface area contributed by atoms with Crippen LogP contribution < -0.4 is 0 Å². The zero-order chi connectivity index (χ0) is 11.0. The number of ketones is 1. The number of fused-ring (bicyclic) bond motifs is 1. The van der Waals surface area contributed by atoms with Gasteiger partial charge in [-0.2, -0.15) is 0 Å². The van der Waals surface area contributed by atoms with Gasteiger partial charge in [0.05, 0.1) is 0 Å². The highest BCUT2D eigenvalue weighted by molar-refractivity contribution is 5.97. The van der Waals surface area contributed by atoms with Gasteiger partial charge in [-0.15, -0.1) is 0 Å². The van der Waals surface area contributed by atoms with Gasteiger partial charge >= 0.3 is 0 Å². The Hall–Kier alpha value is -1.64. The van der Waals surface area contributed by atoms with Crippen LogP contribution in [-0.4, -0.2) is 5.78 Å². The van der Waals surface area contributed by atoms with Gasteiger partial charge in [0.1, 0.15) is 11.4 Å². The molecule has 1 aromatic carbocycles. The largest absolute Gasteiger partial charge is 0.453 e. The van der Waals surface area contributed by atoms with Crippen molar-refractivity contribution in [1.82, 2.24) is 0 Å². The lowest BCUT2D eigenvalue weighted by Crippen LogP contribution is -1.92. The zero-order valence-electron chi connectivity index (χ0n) is 8.63. The SMILES string of the molecule is CCC(=O)c1cc2cc(F)cc(C)c2o1. The van der Waals surface area contributed by atoms with Gasteiger partial charge in [-0.1, -0.05) is 6.92 Å². The predicted octanol–water partition coefficient (Wildman–Crippen LogP) is 3.47. The van der Waals surface area contributed by atoms with Gasteiger partial charge in [0.15, 0.2) is 11.5 Å². The molecule has 0 radical (unpaired) electrons. The minimum Gasteiger partial charge on any atom is -0.453 e. The molecule has 0 aliphatic carbocycles. The Bertz CT molecular complexity index is 526. The normalized spacial score (nSPS) is 10.9. The highest BCUT2D eigenvalue weighted by Gasteiger charge is 2.12. The number of benzene rings is 1. The van der Waals surface area contributed by atoms with E-state index in [1.54, 1.807) is 19.9 Å². The van der Waals surface area contributed by atoms with Gasteiger partial charge in [0, 0.05) is 11.8 Å². The van der Waals surface area contributed by atoms with Crippen LogP contribution in [0.3, 0.4) is 0 Å². The first kappa shape index (κ1) is 9.90. The van der Waals surface area contributed by atoms with Crippen molar-refractivity contribution in [2.24, 2.45) is 0 Å². The maximum absolute atomic E-state index is 13.1. The summed E-state index contributed by atoms with van der Waals surface area (Å²) in [6.07, 6.45) is 0.390. The van der Waals surface area contributed by atoms with Crippen LogP contribution in [0.2, 0.25) is 0 Å². The van der Waals surface area contributed by atoms with Crippen molar-refractivity contribution >= 4 is 16.8 Å². The molecule has 0 spiro atoms. The Morgan fingerprint density at radius 1 is 1.40 bits per heavy atom. The zero-order valence-corrected chi connectivity index (χ0v) is 8.63. The van der Waals surface area contributed by atoms with Crippen LogP contribution in [0.1, 0.15) is 29.5 Å².